The quantitative estimate of drug-likeness (QED) is 0.0162. The van der Waals surface area contributed by atoms with E-state index in [4.69, 9.17) is 14.2 Å². The van der Waals surface area contributed by atoms with Crippen LogP contribution in [0.4, 0.5) is 33.6 Å². The summed E-state index contributed by atoms with van der Waals surface area (Å²) in [6.45, 7) is 5.28. The van der Waals surface area contributed by atoms with E-state index in [-0.39, 0.29) is 133 Å². The summed E-state index contributed by atoms with van der Waals surface area (Å²) < 4.78 is 154. The molecule has 0 aliphatic heterocycles. The van der Waals surface area contributed by atoms with Gasteiger partial charge in [-0.05, 0) is 80.1 Å². The number of nitrogens with zero attached hydrogens (tertiary/aromatic N) is 10. The summed E-state index contributed by atoms with van der Waals surface area (Å²) in [6, 6.07) is 19.3. The van der Waals surface area contributed by atoms with E-state index in [9.17, 15) is 62.3 Å². The predicted molar refractivity (Wildman–Crippen MR) is 296 cm³/mol. The van der Waals surface area contributed by atoms with Crippen LogP contribution < -0.4 is 14.2 Å². The first-order chi connectivity index (χ1) is 37.9. The molecule has 0 fully saturated rings. The zero-order valence-electron chi connectivity index (χ0n) is 42.1. The smallest absolute Gasteiger partial charge is 0.296 e. The third-order valence-corrected chi connectivity index (χ3v) is 16.8. The number of azo groups is 3. The van der Waals surface area contributed by atoms with Crippen molar-refractivity contribution in [3.8, 4) is 29.2 Å². The Balaban J connectivity index is 1.24. The van der Waals surface area contributed by atoms with Gasteiger partial charge in [-0.15, -0.1) is 42.4 Å². The van der Waals surface area contributed by atoms with Crippen molar-refractivity contribution in [1.82, 2.24) is 14.4 Å². The molecule has 0 radical (unpaired) electrons. The summed E-state index contributed by atoms with van der Waals surface area (Å²) in [5.74, 6) is -1.35. The highest BCUT2D eigenvalue weighted by atomic mass is 32.2. The maximum Gasteiger partial charge on any atom is 0.296 e. The van der Waals surface area contributed by atoms with Crippen molar-refractivity contribution in [3.63, 3.8) is 0 Å². The number of fused-ring (bicyclic) bond motifs is 6. The molecule has 3 heterocycles. The molecule has 420 valence electrons. The molecule has 0 bridgehead atoms. The lowest BCUT2D eigenvalue weighted by atomic mass is 10.1. The van der Waals surface area contributed by atoms with Gasteiger partial charge in [0.15, 0.2) is 11.3 Å². The number of imidazole rings is 1. The molecule has 0 unspecified atom stereocenters. The van der Waals surface area contributed by atoms with Gasteiger partial charge in [0.05, 0.1) is 52.0 Å². The maximum absolute atomic E-state index is 12.6. The largest absolute Gasteiger partial charge is 0.493 e. The lowest BCUT2D eigenvalue weighted by Crippen LogP contribution is -2.08. The summed E-state index contributed by atoms with van der Waals surface area (Å²) in [5.41, 5.74) is 1.43. The average molecular weight is 1210 g/mol. The first-order valence-corrected chi connectivity index (χ1v) is 31.6. The third-order valence-electron chi connectivity index (χ3n) is 11.4. The van der Waals surface area contributed by atoms with Crippen LogP contribution in [0.3, 0.4) is 0 Å². The number of aromatic hydroxyl groups is 1. The van der Waals surface area contributed by atoms with Crippen molar-refractivity contribution in [1.29, 1.82) is 5.26 Å². The Morgan fingerprint density at radius 2 is 1.27 bits per heavy atom. The molecule has 0 saturated carbocycles. The molecule has 32 heteroatoms. The number of thiazole rings is 1. The highest BCUT2D eigenvalue weighted by molar-refractivity contribution is 7.99. The second-order valence-corrected chi connectivity index (χ2v) is 25.3. The van der Waals surface area contributed by atoms with E-state index in [2.05, 4.69) is 46.7 Å². The first-order valence-electron chi connectivity index (χ1n) is 23.7. The van der Waals surface area contributed by atoms with Gasteiger partial charge >= 0.3 is 0 Å². The van der Waals surface area contributed by atoms with Crippen molar-refractivity contribution >= 4 is 135 Å². The van der Waals surface area contributed by atoms with Crippen LogP contribution in [0.15, 0.2) is 118 Å². The van der Waals surface area contributed by atoms with Gasteiger partial charge in [0.2, 0.25) is 11.0 Å². The van der Waals surface area contributed by atoms with E-state index in [0.717, 1.165) is 41.3 Å². The molecule has 3 aromatic heterocycles. The molecule has 80 heavy (non-hydrogen) atoms. The number of benzene rings is 5. The normalized spacial score (nSPS) is 12.8. The van der Waals surface area contributed by atoms with Gasteiger partial charge in [-0.2, -0.15) is 38.9 Å². The minimum absolute atomic E-state index is 0.00627. The first kappa shape index (κ1) is 58.8. The fraction of sp³-hybridized carbons (Fsp3) is 0.271. The highest BCUT2D eigenvalue weighted by Gasteiger charge is 2.25. The molecular formula is C48H46N10O16S6. The number of rotatable bonds is 24. The van der Waals surface area contributed by atoms with Crippen molar-refractivity contribution in [2.75, 3.05) is 37.1 Å². The Morgan fingerprint density at radius 3 is 1.90 bits per heavy atom. The highest BCUT2D eigenvalue weighted by Crippen LogP contribution is 2.47. The molecule has 0 saturated heterocycles. The number of pyridine rings is 1. The van der Waals surface area contributed by atoms with Crippen LogP contribution in [-0.2, 0) is 40.5 Å². The van der Waals surface area contributed by atoms with E-state index in [1.807, 2.05) is 13.8 Å². The van der Waals surface area contributed by atoms with E-state index in [0.29, 0.717) is 28.8 Å². The summed E-state index contributed by atoms with van der Waals surface area (Å²) in [7, 11) is -18.3. The lowest BCUT2D eigenvalue weighted by molar-refractivity contribution is 0.309. The van der Waals surface area contributed by atoms with Crippen LogP contribution in [0.25, 0.3) is 37.7 Å². The minimum Gasteiger partial charge on any atom is -0.493 e. The lowest BCUT2D eigenvalue weighted by Gasteiger charge is -2.14. The molecule has 26 nitrogen and oxygen atoms in total. The van der Waals surface area contributed by atoms with Crippen molar-refractivity contribution in [2.24, 2.45) is 30.7 Å². The Hall–Kier alpha value is -7.32. The number of thioether (sulfide) groups is 1. The summed E-state index contributed by atoms with van der Waals surface area (Å²) in [5, 5.41) is 48.6. The zero-order chi connectivity index (χ0) is 57.7. The zero-order valence-corrected chi connectivity index (χ0v) is 47.0. The van der Waals surface area contributed by atoms with Gasteiger partial charge in [-0.3, -0.25) is 22.6 Å². The number of ether oxygens (including phenoxy) is 3. The maximum atomic E-state index is 12.6. The number of nitriles is 1. The number of hydrogen-bond acceptors (Lipinski definition) is 23. The summed E-state index contributed by atoms with van der Waals surface area (Å²) in [6.07, 6.45) is 0.840. The molecule has 5 aromatic carbocycles. The second kappa shape index (κ2) is 24.2. The Morgan fingerprint density at radius 1 is 0.688 bits per heavy atom. The van der Waals surface area contributed by atoms with Gasteiger partial charge in [0.1, 0.15) is 62.0 Å². The van der Waals surface area contributed by atoms with Crippen LogP contribution in [0, 0.1) is 18.3 Å². The molecule has 0 spiro atoms. The third kappa shape index (κ3) is 13.8. The molecule has 8 rings (SSSR count). The summed E-state index contributed by atoms with van der Waals surface area (Å²) in [4.78, 5) is 8.06. The molecule has 8 aromatic rings. The van der Waals surface area contributed by atoms with Crippen molar-refractivity contribution in [2.45, 2.75) is 61.1 Å². The second-order valence-electron chi connectivity index (χ2n) is 17.3. The number of para-hydroxylation sites is 2. The van der Waals surface area contributed by atoms with Crippen LogP contribution in [0.1, 0.15) is 50.7 Å². The number of aromatic nitrogens is 3. The van der Waals surface area contributed by atoms with Gasteiger partial charge < -0.3 is 19.3 Å². The molecule has 0 atom stereocenters. The average Bonchev–Trinajstić information content (AvgIpc) is 4.00. The standard InChI is InChI=1S/C48H46N10O16S6/c1-4-14-72-38-23-34(53-56-43-27(3)31(26-49)46-50-32-10-6-7-11-37(32)58(46)47(43)59)39(74-16-8-18-77(60,61)62)22-33(38)52-55-36-24-40(73-15-5-2)35(25-41(36)75-17-9-19-78(63,64)65)54-57-48-51-44-42(80(69,70)71)20-28-12-13-29(79(66,67)68)21-30(28)45(44)76-48/h6-7,10-13,20-25,59H,4-5,8-9,14-19H2,1-3H3,(H,60,61,62)(H,63,64,65)(H,66,67,68)(H,69,70,71). The topological polar surface area (TPSA) is 394 Å². The fourth-order valence-electron chi connectivity index (χ4n) is 7.78. The predicted octanol–water partition coefficient (Wildman–Crippen LogP) is 11.5. The molecule has 0 amide bonds. The van der Waals surface area contributed by atoms with E-state index < -0.39 is 61.8 Å². The Bertz CT molecular complexity index is 4350. The van der Waals surface area contributed by atoms with Crippen LogP contribution >= 0.6 is 23.1 Å². The van der Waals surface area contributed by atoms with Crippen LogP contribution in [0.2, 0.25) is 0 Å². The van der Waals surface area contributed by atoms with E-state index >= 15 is 0 Å². The van der Waals surface area contributed by atoms with Crippen LogP contribution in [-0.4, -0.2) is 108 Å². The molecule has 5 N–H and O–H groups in total. The Labute approximate surface area is 464 Å². The molecular weight excluding hydrogens is 1160 g/mol. The van der Waals surface area contributed by atoms with Crippen molar-refractivity contribution in [3.05, 3.63) is 83.9 Å². The van der Waals surface area contributed by atoms with E-state index in [1.54, 1.807) is 31.2 Å². The van der Waals surface area contributed by atoms with Gasteiger partial charge in [0, 0.05) is 34.0 Å². The van der Waals surface area contributed by atoms with Crippen LogP contribution in [0.5, 0.6) is 23.1 Å². The molecule has 0 aliphatic carbocycles. The van der Waals surface area contributed by atoms with E-state index in [1.165, 1.54) is 34.7 Å². The SMILES string of the molecule is CCCOc1cc(N=Nc2cc(OCCCS(=O)(=O)O)c(N=Nc3c(C)c(C#N)c4nc5ccccc5n4c3O)cc2OCCC)c(SCCCS(=O)(=O)O)cc1N=Nc1nc2c(S(=O)(=O)O)cc3ccc(S(=O)(=O)O)cc3c2s1. The van der Waals surface area contributed by atoms with Crippen molar-refractivity contribution < 1.29 is 71.2 Å². The fourth-order valence-corrected chi connectivity index (χ4v) is 12.1. The van der Waals surface area contributed by atoms with Gasteiger partial charge in [0.25, 0.3) is 40.5 Å². The van der Waals surface area contributed by atoms with Gasteiger partial charge in [-0.1, -0.05) is 43.4 Å². The Kier molecular flexibility index (Phi) is 17.8. The number of hydrogen-bond donors (Lipinski definition) is 5. The minimum atomic E-state index is -4.90. The summed E-state index contributed by atoms with van der Waals surface area (Å²) >= 11 is 1.88. The monoisotopic (exact) mass is 1210 g/mol. The molecule has 0 aliphatic rings. The van der Waals surface area contributed by atoms with Gasteiger partial charge in [-0.25, -0.2) is 9.97 Å².